The molecule has 0 aliphatic carbocycles. The van der Waals surface area contributed by atoms with Crippen LogP contribution in [0.25, 0.3) is 0 Å². The minimum atomic E-state index is -0.344. The van der Waals surface area contributed by atoms with Crippen molar-refractivity contribution < 1.29 is 10.0 Å². The Bertz CT molecular complexity index is 685. The van der Waals surface area contributed by atoms with Gasteiger partial charge in [0.25, 0.3) is 5.91 Å². The first-order valence-corrected chi connectivity index (χ1v) is 7.06. The van der Waals surface area contributed by atoms with Crippen LogP contribution < -0.4 is 5.32 Å². The molecular formula is C12H9Cl2N3O2S. The molecule has 2 N–H and O–H groups in total. The minimum absolute atomic E-state index is 0.308. The number of amides is 1. The molecule has 1 amide bonds. The van der Waals surface area contributed by atoms with Gasteiger partial charge in [-0.05, 0) is 25.1 Å². The second kappa shape index (κ2) is 6.21. The third kappa shape index (κ3) is 3.27. The van der Waals surface area contributed by atoms with Crippen molar-refractivity contribution in [2.75, 3.05) is 5.32 Å². The first kappa shape index (κ1) is 14.8. The molecule has 0 unspecified atom stereocenters. The van der Waals surface area contributed by atoms with Crippen LogP contribution in [0.5, 0.6) is 0 Å². The van der Waals surface area contributed by atoms with Crippen LogP contribution in [0.1, 0.15) is 23.0 Å². The van der Waals surface area contributed by atoms with Gasteiger partial charge in [-0.2, -0.15) is 0 Å². The van der Waals surface area contributed by atoms with Crippen molar-refractivity contribution in [2.24, 2.45) is 5.16 Å². The number of thiazole rings is 1. The van der Waals surface area contributed by atoms with Crippen LogP contribution in [-0.2, 0) is 0 Å². The molecule has 0 saturated carbocycles. The number of hydrogen-bond acceptors (Lipinski definition) is 5. The number of carbonyl (C=O) groups excluding carboxylic acids is 1. The molecule has 1 aromatic heterocycles. The van der Waals surface area contributed by atoms with Crippen LogP contribution in [0.2, 0.25) is 10.0 Å². The summed E-state index contributed by atoms with van der Waals surface area (Å²) in [5.74, 6) is -0.344. The van der Waals surface area contributed by atoms with Gasteiger partial charge in [0, 0.05) is 10.9 Å². The summed E-state index contributed by atoms with van der Waals surface area (Å²) >= 11 is 12.9. The van der Waals surface area contributed by atoms with E-state index in [1.54, 1.807) is 24.4 Å². The number of benzene rings is 1. The third-order valence-electron chi connectivity index (χ3n) is 2.43. The first-order chi connectivity index (χ1) is 9.51. The summed E-state index contributed by atoms with van der Waals surface area (Å²) in [6, 6.07) is 4.60. The first-order valence-electron chi connectivity index (χ1n) is 5.42. The Kier molecular flexibility index (Phi) is 4.59. The van der Waals surface area contributed by atoms with Crippen molar-refractivity contribution >= 4 is 51.3 Å². The average molecular weight is 330 g/mol. The van der Waals surface area contributed by atoms with E-state index in [0.29, 0.717) is 32.1 Å². The van der Waals surface area contributed by atoms with Gasteiger partial charge in [-0.1, -0.05) is 28.4 Å². The van der Waals surface area contributed by atoms with Crippen molar-refractivity contribution in [3.05, 3.63) is 44.9 Å². The Morgan fingerprint density at radius 3 is 2.80 bits per heavy atom. The zero-order valence-electron chi connectivity index (χ0n) is 10.2. The molecule has 104 valence electrons. The number of anilines is 1. The maximum atomic E-state index is 12.0. The molecule has 0 aliphatic heterocycles. The zero-order chi connectivity index (χ0) is 14.7. The Morgan fingerprint density at radius 2 is 2.15 bits per heavy atom. The van der Waals surface area contributed by atoms with Gasteiger partial charge < -0.3 is 5.21 Å². The number of nitrogens with one attached hydrogen (secondary N) is 1. The number of oxime groups is 1. The van der Waals surface area contributed by atoms with Gasteiger partial charge in [-0.3, -0.25) is 10.1 Å². The normalized spacial score (nSPS) is 11.4. The Balaban J connectivity index is 2.15. The molecule has 5 nitrogen and oxygen atoms in total. The van der Waals surface area contributed by atoms with Gasteiger partial charge in [0.15, 0.2) is 5.13 Å². The van der Waals surface area contributed by atoms with E-state index >= 15 is 0 Å². The summed E-state index contributed by atoms with van der Waals surface area (Å²) < 4.78 is 0. The predicted octanol–water partition coefficient (Wildman–Crippen LogP) is 3.90. The molecule has 2 rings (SSSR count). The van der Waals surface area contributed by atoms with Crippen LogP contribution in [0, 0.1) is 0 Å². The van der Waals surface area contributed by atoms with Gasteiger partial charge in [0.2, 0.25) is 0 Å². The third-order valence-corrected chi connectivity index (χ3v) is 3.92. The summed E-state index contributed by atoms with van der Waals surface area (Å²) in [4.78, 5) is 16.1. The van der Waals surface area contributed by atoms with E-state index in [4.69, 9.17) is 28.4 Å². The lowest BCUT2D eigenvalue weighted by molar-refractivity contribution is 0.102. The highest BCUT2D eigenvalue weighted by Gasteiger charge is 2.11. The summed E-state index contributed by atoms with van der Waals surface area (Å²) in [7, 11) is 0. The van der Waals surface area contributed by atoms with Gasteiger partial charge in [0.05, 0.1) is 10.0 Å². The largest absolute Gasteiger partial charge is 0.411 e. The quantitative estimate of drug-likeness (QED) is 0.509. The smallest absolute Gasteiger partial charge is 0.257 e. The molecule has 0 bridgehead atoms. The summed E-state index contributed by atoms with van der Waals surface area (Å²) in [6.07, 6.45) is 0. The van der Waals surface area contributed by atoms with Crippen molar-refractivity contribution in [3.63, 3.8) is 0 Å². The van der Waals surface area contributed by atoms with Gasteiger partial charge in [-0.25, -0.2) is 4.98 Å². The van der Waals surface area contributed by atoms with E-state index in [-0.39, 0.29) is 5.91 Å². The highest BCUT2D eigenvalue weighted by atomic mass is 35.5. The number of nitrogens with zero attached hydrogens (tertiary/aromatic N) is 2. The molecule has 20 heavy (non-hydrogen) atoms. The maximum absolute atomic E-state index is 12.0. The standard InChI is InChI=1S/C12H9Cl2N3O2S/c1-6(17-19)10-5-20-12(15-10)16-11(18)7-2-3-8(13)9(14)4-7/h2-5,19H,1H3,(H,15,16,18). The van der Waals surface area contributed by atoms with E-state index < -0.39 is 0 Å². The number of hydrogen-bond donors (Lipinski definition) is 2. The molecule has 0 saturated heterocycles. The second-order valence-electron chi connectivity index (χ2n) is 3.81. The molecule has 1 aromatic carbocycles. The van der Waals surface area contributed by atoms with Crippen LogP contribution in [-0.4, -0.2) is 21.8 Å². The predicted molar refractivity (Wildman–Crippen MR) is 80.5 cm³/mol. The van der Waals surface area contributed by atoms with Gasteiger partial charge in [0.1, 0.15) is 11.4 Å². The average Bonchev–Trinajstić information content (AvgIpc) is 2.89. The van der Waals surface area contributed by atoms with E-state index in [2.05, 4.69) is 15.5 Å². The molecule has 0 fully saturated rings. The highest BCUT2D eigenvalue weighted by molar-refractivity contribution is 7.14. The van der Waals surface area contributed by atoms with Crippen LogP contribution in [0.4, 0.5) is 5.13 Å². The lowest BCUT2D eigenvalue weighted by atomic mass is 10.2. The van der Waals surface area contributed by atoms with Crippen molar-refractivity contribution in [1.82, 2.24) is 4.98 Å². The number of rotatable bonds is 3. The van der Waals surface area contributed by atoms with E-state index in [0.717, 1.165) is 0 Å². The SMILES string of the molecule is CC(=NO)c1csc(NC(=O)c2ccc(Cl)c(Cl)c2)n1. The van der Waals surface area contributed by atoms with Crippen molar-refractivity contribution in [2.45, 2.75) is 6.92 Å². The zero-order valence-corrected chi connectivity index (χ0v) is 12.6. The highest BCUT2D eigenvalue weighted by Crippen LogP contribution is 2.23. The molecule has 1 heterocycles. The molecular weight excluding hydrogens is 321 g/mol. The maximum Gasteiger partial charge on any atom is 0.257 e. The second-order valence-corrected chi connectivity index (χ2v) is 5.48. The molecule has 0 aliphatic rings. The lowest BCUT2D eigenvalue weighted by Gasteiger charge is -2.03. The van der Waals surface area contributed by atoms with Gasteiger partial charge >= 0.3 is 0 Å². The monoisotopic (exact) mass is 329 g/mol. The number of carbonyl (C=O) groups is 1. The van der Waals surface area contributed by atoms with E-state index in [1.807, 2.05) is 0 Å². The summed E-state index contributed by atoms with van der Waals surface area (Å²) in [5, 5.41) is 17.1. The molecule has 0 spiro atoms. The van der Waals surface area contributed by atoms with Crippen molar-refractivity contribution in [3.8, 4) is 0 Å². The fraction of sp³-hybridized carbons (Fsp3) is 0.0833. The fourth-order valence-corrected chi connectivity index (χ4v) is 2.40. The molecule has 8 heteroatoms. The Labute approximate surface area is 128 Å². The molecule has 2 aromatic rings. The number of aromatic nitrogens is 1. The van der Waals surface area contributed by atoms with Crippen LogP contribution >= 0.6 is 34.5 Å². The van der Waals surface area contributed by atoms with Crippen LogP contribution in [0.3, 0.4) is 0 Å². The summed E-state index contributed by atoms with van der Waals surface area (Å²) in [5.41, 5.74) is 1.25. The Morgan fingerprint density at radius 1 is 1.40 bits per heavy atom. The van der Waals surface area contributed by atoms with E-state index in [9.17, 15) is 4.79 Å². The van der Waals surface area contributed by atoms with Crippen LogP contribution in [0.15, 0.2) is 28.7 Å². The summed E-state index contributed by atoms with van der Waals surface area (Å²) in [6.45, 7) is 1.61. The lowest BCUT2D eigenvalue weighted by Crippen LogP contribution is -2.11. The number of halogens is 2. The van der Waals surface area contributed by atoms with E-state index in [1.165, 1.54) is 17.4 Å². The molecule has 0 atom stereocenters. The fourth-order valence-electron chi connectivity index (χ4n) is 1.36. The minimum Gasteiger partial charge on any atom is -0.411 e. The topological polar surface area (TPSA) is 74.6 Å². The Hall–Kier alpha value is -1.63. The molecule has 0 radical (unpaired) electrons. The van der Waals surface area contributed by atoms with Gasteiger partial charge in [-0.15, -0.1) is 11.3 Å². The van der Waals surface area contributed by atoms with Crippen molar-refractivity contribution in [1.29, 1.82) is 0 Å².